The number of carbonyl (C=O) groups excluding carboxylic acids is 4. The molecular weight excluding hydrogens is 1330 g/mol. The van der Waals surface area contributed by atoms with E-state index in [1.54, 1.807) is 0 Å². The Morgan fingerprint density at radius 2 is 0.529 bits per heavy atom. The van der Waals surface area contributed by atoms with Crippen LogP contribution in [0.2, 0.25) is 0 Å². The summed E-state index contributed by atoms with van der Waals surface area (Å²) < 4.78 is 68.5. The van der Waals surface area contributed by atoms with Crippen LogP contribution in [0, 0.1) is 5.92 Å². The van der Waals surface area contributed by atoms with Crippen LogP contribution >= 0.6 is 15.6 Å². The van der Waals surface area contributed by atoms with Crippen molar-refractivity contribution in [3.8, 4) is 0 Å². The Morgan fingerprint density at radius 1 is 0.304 bits per heavy atom. The Hall–Kier alpha value is -2.46. The minimum Gasteiger partial charge on any atom is -0.462 e. The standard InChI is InChI=1S/C83H158O17P2/c1-6-9-12-15-17-19-21-23-25-26-27-28-29-33-37-40-44-48-52-57-62-67-81(86)94-73-79(100-83(88)69-64-59-54-50-46-42-38-34-31-30-32-36-39-43-47-51-56-60-65-76(4)5)75-98-102(91,92)96-71-77(84)70-95-101(89,90)97-74-78(72-93-80(85)66-61-55-14-11-8-3)99-82(87)68-63-58-53-49-45-41-35-24-22-20-18-16-13-10-7-2/h20,22,24,35,76-79,84H,6-19,21,23,25-34,36-75H2,1-5H3,(H,89,90)(H,91,92)/b22-20-,35-24-/t77-,78+,79+/m0/s1. The molecule has 0 saturated heterocycles. The second kappa shape index (κ2) is 75.4. The smallest absolute Gasteiger partial charge is 0.462 e. The molecule has 0 aromatic carbocycles. The SMILES string of the molecule is CCCCCC/C=C\C=C/CCCCCCCC(=O)O[C@H](COC(=O)CCCCCCC)COP(=O)(O)OC[C@H](O)COP(=O)(O)OC[C@@H](COC(=O)CCCCCCCCCCCCCCCCCCCCCCC)OC(=O)CCCCCCCCCCCCCCCCCCCCC(C)C. The topological polar surface area (TPSA) is 237 Å². The van der Waals surface area contributed by atoms with Crippen molar-refractivity contribution in [1.29, 1.82) is 0 Å². The van der Waals surface area contributed by atoms with Gasteiger partial charge in [-0.3, -0.25) is 37.3 Å². The fourth-order valence-electron chi connectivity index (χ4n) is 12.4. The zero-order valence-electron chi connectivity index (χ0n) is 66.2. The number of aliphatic hydroxyl groups is 1. The van der Waals surface area contributed by atoms with Crippen molar-refractivity contribution >= 4 is 39.5 Å². The summed E-state index contributed by atoms with van der Waals surface area (Å²) in [6.45, 7) is 7.21. The normalized spacial score (nSPS) is 14.0. The summed E-state index contributed by atoms with van der Waals surface area (Å²) >= 11 is 0. The lowest BCUT2D eigenvalue weighted by molar-refractivity contribution is -0.161. The molecule has 0 amide bonds. The van der Waals surface area contributed by atoms with Crippen molar-refractivity contribution in [3.63, 3.8) is 0 Å². The van der Waals surface area contributed by atoms with Gasteiger partial charge in [-0.15, -0.1) is 0 Å². The fourth-order valence-corrected chi connectivity index (χ4v) is 14.0. The Bertz CT molecular complexity index is 2040. The van der Waals surface area contributed by atoms with Gasteiger partial charge in [-0.05, 0) is 57.3 Å². The Balaban J connectivity index is 5.13. The molecule has 17 nitrogen and oxygen atoms in total. The van der Waals surface area contributed by atoms with Gasteiger partial charge in [0.25, 0.3) is 0 Å². The van der Waals surface area contributed by atoms with Crippen LogP contribution in [0.25, 0.3) is 0 Å². The largest absolute Gasteiger partial charge is 0.472 e. The monoisotopic (exact) mass is 1490 g/mol. The summed E-state index contributed by atoms with van der Waals surface area (Å²) in [7, 11) is -9.92. The van der Waals surface area contributed by atoms with Crippen molar-refractivity contribution < 1.29 is 80.2 Å². The van der Waals surface area contributed by atoms with E-state index in [1.165, 1.54) is 225 Å². The molecule has 0 aliphatic heterocycles. The van der Waals surface area contributed by atoms with Gasteiger partial charge in [0.05, 0.1) is 26.4 Å². The average Bonchev–Trinajstić information content (AvgIpc) is 0.924. The zero-order valence-corrected chi connectivity index (χ0v) is 68.0. The van der Waals surface area contributed by atoms with Crippen molar-refractivity contribution in [3.05, 3.63) is 24.3 Å². The molecule has 0 aromatic rings. The van der Waals surface area contributed by atoms with Crippen LogP contribution < -0.4 is 0 Å². The molecule has 0 spiro atoms. The van der Waals surface area contributed by atoms with Gasteiger partial charge in [-0.1, -0.05) is 367 Å². The van der Waals surface area contributed by atoms with Crippen LogP contribution in [-0.2, 0) is 65.4 Å². The number of phosphoric ester groups is 2. The Morgan fingerprint density at radius 3 is 0.804 bits per heavy atom. The Labute approximate surface area is 624 Å². The van der Waals surface area contributed by atoms with E-state index in [9.17, 15) is 43.2 Å². The third-order valence-electron chi connectivity index (χ3n) is 18.9. The molecule has 0 aliphatic carbocycles. The summed E-state index contributed by atoms with van der Waals surface area (Å²) in [6, 6.07) is 0. The number of hydrogen-bond donors (Lipinski definition) is 3. The number of hydrogen-bond acceptors (Lipinski definition) is 15. The van der Waals surface area contributed by atoms with E-state index in [2.05, 4.69) is 58.9 Å². The Kier molecular flexibility index (Phi) is 73.5. The second-order valence-corrected chi connectivity index (χ2v) is 32.6. The van der Waals surface area contributed by atoms with E-state index in [-0.39, 0.29) is 25.7 Å². The maximum atomic E-state index is 13.1. The van der Waals surface area contributed by atoms with Crippen molar-refractivity contribution in [2.45, 2.75) is 438 Å². The lowest BCUT2D eigenvalue weighted by atomic mass is 10.0. The summed E-state index contributed by atoms with van der Waals surface area (Å²) in [6.07, 6.45) is 70.8. The number of aliphatic hydroxyl groups excluding tert-OH is 1. The first-order valence-corrected chi connectivity index (χ1v) is 45.4. The van der Waals surface area contributed by atoms with Gasteiger partial charge in [-0.2, -0.15) is 0 Å². The van der Waals surface area contributed by atoms with Gasteiger partial charge in [0, 0.05) is 25.7 Å². The van der Waals surface area contributed by atoms with Gasteiger partial charge < -0.3 is 33.8 Å². The highest BCUT2D eigenvalue weighted by molar-refractivity contribution is 7.47. The molecule has 0 saturated carbocycles. The summed E-state index contributed by atoms with van der Waals surface area (Å²) in [5, 5.41) is 10.6. The van der Waals surface area contributed by atoms with Gasteiger partial charge >= 0.3 is 39.5 Å². The number of phosphoric acid groups is 2. The van der Waals surface area contributed by atoms with Crippen LogP contribution in [0.4, 0.5) is 0 Å². The van der Waals surface area contributed by atoms with E-state index in [0.29, 0.717) is 25.7 Å². The maximum absolute atomic E-state index is 13.1. The molecule has 102 heavy (non-hydrogen) atoms. The number of allylic oxidation sites excluding steroid dienone is 4. The zero-order chi connectivity index (χ0) is 74.8. The number of rotatable bonds is 81. The summed E-state index contributed by atoms with van der Waals surface area (Å²) in [5.41, 5.74) is 0. The molecule has 0 bridgehead atoms. The minimum absolute atomic E-state index is 0.0845. The van der Waals surface area contributed by atoms with Crippen LogP contribution in [-0.4, -0.2) is 96.7 Å². The third-order valence-corrected chi connectivity index (χ3v) is 20.8. The first-order chi connectivity index (χ1) is 49.5. The highest BCUT2D eigenvalue weighted by Crippen LogP contribution is 2.45. The van der Waals surface area contributed by atoms with E-state index in [4.69, 9.17) is 37.0 Å². The lowest BCUT2D eigenvalue weighted by Crippen LogP contribution is -2.30. The molecule has 0 rings (SSSR count). The molecule has 3 N–H and O–H groups in total. The van der Waals surface area contributed by atoms with Crippen molar-refractivity contribution in [1.82, 2.24) is 0 Å². The van der Waals surface area contributed by atoms with Crippen molar-refractivity contribution in [2.24, 2.45) is 5.92 Å². The lowest BCUT2D eigenvalue weighted by Gasteiger charge is -2.21. The van der Waals surface area contributed by atoms with Gasteiger partial charge in [0.15, 0.2) is 12.2 Å². The van der Waals surface area contributed by atoms with Gasteiger partial charge in [0.2, 0.25) is 0 Å². The molecule has 0 radical (unpaired) electrons. The molecular formula is C83H158O17P2. The highest BCUT2D eigenvalue weighted by atomic mass is 31.2. The maximum Gasteiger partial charge on any atom is 0.472 e. The quantitative estimate of drug-likeness (QED) is 0.0169. The van der Waals surface area contributed by atoms with Crippen LogP contribution in [0.15, 0.2) is 24.3 Å². The van der Waals surface area contributed by atoms with Gasteiger partial charge in [0.1, 0.15) is 19.3 Å². The van der Waals surface area contributed by atoms with Gasteiger partial charge in [-0.25, -0.2) is 9.13 Å². The van der Waals surface area contributed by atoms with E-state index < -0.39 is 97.5 Å². The molecule has 0 fully saturated rings. The summed E-state index contributed by atoms with van der Waals surface area (Å²) in [4.78, 5) is 72.7. The average molecular weight is 1490 g/mol. The number of ether oxygens (including phenoxy) is 4. The van der Waals surface area contributed by atoms with Crippen LogP contribution in [0.5, 0.6) is 0 Å². The number of esters is 4. The minimum atomic E-state index is -4.96. The predicted octanol–water partition coefficient (Wildman–Crippen LogP) is 24.8. The highest BCUT2D eigenvalue weighted by Gasteiger charge is 2.30. The molecule has 0 aliphatic rings. The fraction of sp³-hybridized carbons (Fsp3) is 0.904. The van der Waals surface area contributed by atoms with E-state index in [1.807, 2.05) is 0 Å². The first-order valence-electron chi connectivity index (χ1n) is 42.5. The van der Waals surface area contributed by atoms with E-state index in [0.717, 1.165) is 115 Å². The molecule has 0 heterocycles. The predicted molar refractivity (Wildman–Crippen MR) is 418 cm³/mol. The van der Waals surface area contributed by atoms with Crippen molar-refractivity contribution in [2.75, 3.05) is 39.6 Å². The van der Waals surface area contributed by atoms with Crippen LogP contribution in [0.3, 0.4) is 0 Å². The number of carbonyl (C=O) groups is 4. The number of unbranched alkanes of at least 4 members (excludes halogenated alkanes) is 50. The van der Waals surface area contributed by atoms with Crippen LogP contribution in [0.1, 0.15) is 420 Å². The molecule has 5 atom stereocenters. The second-order valence-electron chi connectivity index (χ2n) is 29.7. The molecule has 602 valence electrons. The molecule has 19 heteroatoms. The molecule has 2 unspecified atom stereocenters. The summed E-state index contributed by atoms with van der Waals surface area (Å²) in [5.74, 6) is -1.33. The van der Waals surface area contributed by atoms with E-state index >= 15 is 0 Å². The first kappa shape index (κ1) is 99.5. The molecule has 0 aromatic heterocycles. The third kappa shape index (κ3) is 75.8.